The summed E-state index contributed by atoms with van der Waals surface area (Å²) >= 11 is 0. The van der Waals surface area contributed by atoms with Crippen LogP contribution in [-0.2, 0) is 35.3 Å². The lowest BCUT2D eigenvalue weighted by Crippen LogP contribution is -2.35. The molecule has 2 saturated heterocycles. The van der Waals surface area contributed by atoms with E-state index in [1.165, 1.54) is 26.2 Å². The van der Waals surface area contributed by atoms with Gasteiger partial charge < -0.3 is 18.8 Å². The van der Waals surface area contributed by atoms with Crippen molar-refractivity contribution in [1.82, 2.24) is 19.4 Å². The number of carbonyl (C=O) groups excluding carboxylic acids is 2. The van der Waals surface area contributed by atoms with E-state index in [0.717, 1.165) is 67.6 Å². The minimum absolute atomic E-state index is 0.000119. The monoisotopic (exact) mass is 636 g/mol. The van der Waals surface area contributed by atoms with Gasteiger partial charge in [-0.2, -0.15) is 13.2 Å². The number of ketones is 1. The first-order valence-corrected chi connectivity index (χ1v) is 15.3. The number of ether oxygens (including phenoxy) is 3. The van der Waals surface area contributed by atoms with E-state index in [9.17, 15) is 22.8 Å². The highest BCUT2D eigenvalue weighted by atomic mass is 19.4. The number of aromatic nitrogens is 3. The zero-order valence-electron chi connectivity index (χ0n) is 25.7. The molecular formula is C34H35F3N4O5. The largest absolute Gasteiger partial charge is 0.473 e. The van der Waals surface area contributed by atoms with Crippen LogP contribution >= 0.6 is 0 Å². The molecule has 4 heterocycles. The zero-order valence-corrected chi connectivity index (χ0v) is 25.7. The van der Waals surface area contributed by atoms with E-state index in [2.05, 4.69) is 14.5 Å². The molecule has 2 aromatic heterocycles. The fourth-order valence-electron chi connectivity index (χ4n) is 6.04. The van der Waals surface area contributed by atoms with Crippen molar-refractivity contribution in [2.75, 3.05) is 26.8 Å². The van der Waals surface area contributed by atoms with Gasteiger partial charge >= 0.3 is 12.1 Å². The number of halogens is 3. The second-order valence-electron chi connectivity index (χ2n) is 11.8. The predicted octanol–water partition coefficient (Wildman–Crippen LogP) is 6.19. The fraction of sp³-hybridized carbons (Fsp3) is 0.412. The first-order chi connectivity index (χ1) is 22.1. The standard InChI is InChI=1S/C34H35F3N4O5/c1-21(42)23-6-7-25(27(16-23)34(35,36)37)20-46-32-5-3-4-28(39-32)22-10-13-40(14-11-22)19-31-38-29-9-8-24(33(43)44-2)17-30(29)41(31)18-26-12-15-45-26/h3-9,16-17,22,26H,10-15,18-20H2,1-2H3. The quantitative estimate of drug-likeness (QED) is 0.150. The summed E-state index contributed by atoms with van der Waals surface area (Å²) in [4.78, 5) is 35.7. The lowest BCUT2D eigenvalue weighted by molar-refractivity contribution is -0.138. The van der Waals surface area contributed by atoms with Gasteiger partial charge in [-0.15, -0.1) is 0 Å². The molecule has 46 heavy (non-hydrogen) atoms. The number of hydrogen-bond donors (Lipinski definition) is 0. The number of Topliss-reactive ketones (excluding diaryl/α,β-unsaturated/α-hetero) is 1. The Balaban J connectivity index is 1.11. The third-order valence-electron chi connectivity index (χ3n) is 8.74. The van der Waals surface area contributed by atoms with Crippen molar-refractivity contribution >= 4 is 22.8 Å². The Morgan fingerprint density at radius 1 is 1.00 bits per heavy atom. The van der Waals surface area contributed by atoms with Crippen molar-refractivity contribution in [3.05, 3.63) is 88.4 Å². The van der Waals surface area contributed by atoms with E-state index in [1.807, 2.05) is 18.2 Å². The number of rotatable bonds is 10. The molecule has 0 radical (unpaired) electrons. The van der Waals surface area contributed by atoms with Gasteiger partial charge in [0, 0.05) is 35.4 Å². The van der Waals surface area contributed by atoms with Gasteiger partial charge in [0.15, 0.2) is 5.78 Å². The molecule has 242 valence electrons. The molecule has 6 rings (SSSR count). The minimum Gasteiger partial charge on any atom is -0.473 e. The Morgan fingerprint density at radius 3 is 2.43 bits per heavy atom. The number of imidazole rings is 1. The summed E-state index contributed by atoms with van der Waals surface area (Å²) in [7, 11) is 1.37. The molecule has 0 aliphatic carbocycles. The summed E-state index contributed by atoms with van der Waals surface area (Å²) in [6.45, 7) is 4.58. The van der Waals surface area contributed by atoms with Gasteiger partial charge in [-0.25, -0.2) is 14.8 Å². The van der Waals surface area contributed by atoms with Crippen molar-refractivity contribution in [3.8, 4) is 5.88 Å². The zero-order chi connectivity index (χ0) is 32.4. The molecule has 0 bridgehead atoms. The summed E-state index contributed by atoms with van der Waals surface area (Å²) in [6, 6.07) is 14.3. The smallest absolute Gasteiger partial charge is 0.416 e. The van der Waals surface area contributed by atoms with E-state index in [4.69, 9.17) is 19.2 Å². The number of carbonyl (C=O) groups is 2. The Hall–Kier alpha value is -4.29. The molecule has 0 spiro atoms. The number of alkyl halides is 3. The highest BCUT2D eigenvalue weighted by Crippen LogP contribution is 2.34. The molecule has 1 unspecified atom stereocenters. The Bertz CT molecular complexity index is 1740. The summed E-state index contributed by atoms with van der Waals surface area (Å²) in [5.41, 5.74) is 2.06. The summed E-state index contributed by atoms with van der Waals surface area (Å²) < 4.78 is 59.6. The van der Waals surface area contributed by atoms with Crippen molar-refractivity contribution in [2.24, 2.45) is 0 Å². The maximum Gasteiger partial charge on any atom is 0.416 e. The van der Waals surface area contributed by atoms with E-state index in [1.54, 1.807) is 18.2 Å². The highest BCUT2D eigenvalue weighted by molar-refractivity contribution is 5.94. The van der Waals surface area contributed by atoms with Crippen LogP contribution in [-0.4, -0.2) is 64.1 Å². The maximum absolute atomic E-state index is 13.7. The lowest BCUT2D eigenvalue weighted by atomic mass is 9.93. The number of esters is 1. The number of likely N-dealkylation sites (tertiary alicyclic amines) is 1. The van der Waals surface area contributed by atoms with Gasteiger partial charge in [0.05, 0.1) is 48.5 Å². The molecular weight excluding hydrogens is 601 g/mol. The third kappa shape index (κ3) is 6.92. The average molecular weight is 637 g/mol. The molecule has 12 heteroatoms. The van der Waals surface area contributed by atoms with Gasteiger partial charge in [-0.1, -0.05) is 18.2 Å². The van der Waals surface area contributed by atoms with Gasteiger partial charge in [-0.3, -0.25) is 9.69 Å². The van der Waals surface area contributed by atoms with Crippen LogP contribution in [0.25, 0.3) is 11.0 Å². The molecule has 0 N–H and O–H groups in total. The number of nitrogens with zero attached hydrogens (tertiary/aromatic N) is 4. The second-order valence-corrected chi connectivity index (χ2v) is 11.8. The fourth-order valence-corrected chi connectivity index (χ4v) is 6.04. The number of pyridine rings is 1. The van der Waals surface area contributed by atoms with Crippen LogP contribution in [0.1, 0.15) is 75.5 Å². The van der Waals surface area contributed by atoms with E-state index in [-0.39, 0.29) is 35.6 Å². The molecule has 0 amide bonds. The molecule has 9 nitrogen and oxygen atoms in total. The second kappa shape index (κ2) is 13.2. The van der Waals surface area contributed by atoms with Crippen LogP contribution < -0.4 is 4.74 Å². The first-order valence-electron chi connectivity index (χ1n) is 15.3. The summed E-state index contributed by atoms with van der Waals surface area (Å²) in [5, 5.41) is 0. The van der Waals surface area contributed by atoms with E-state index >= 15 is 0 Å². The number of hydrogen-bond acceptors (Lipinski definition) is 8. The van der Waals surface area contributed by atoms with Crippen LogP contribution in [0.3, 0.4) is 0 Å². The maximum atomic E-state index is 13.7. The SMILES string of the molecule is COC(=O)c1ccc2nc(CN3CCC(c4cccc(OCc5ccc(C(C)=O)cc5C(F)(F)F)n4)CC3)n(CC3CCO3)c2c1. The van der Waals surface area contributed by atoms with Crippen molar-refractivity contribution in [3.63, 3.8) is 0 Å². The number of piperidine rings is 1. The normalized spacial score (nSPS) is 17.5. The molecule has 2 aliphatic heterocycles. The van der Waals surface area contributed by atoms with Gasteiger partial charge in [0.25, 0.3) is 0 Å². The highest BCUT2D eigenvalue weighted by Gasteiger charge is 2.34. The minimum atomic E-state index is -4.62. The van der Waals surface area contributed by atoms with Crippen LogP contribution in [0.4, 0.5) is 13.2 Å². The van der Waals surface area contributed by atoms with Gasteiger partial charge in [-0.05, 0) is 69.6 Å². The van der Waals surface area contributed by atoms with E-state index in [0.29, 0.717) is 18.7 Å². The Labute approximate surface area is 264 Å². The van der Waals surface area contributed by atoms with Gasteiger partial charge in [0.1, 0.15) is 12.4 Å². The topological polar surface area (TPSA) is 95.8 Å². The first kappa shape index (κ1) is 31.7. The van der Waals surface area contributed by atoms with Crippen molar-refractivity contribution < 1.29 is 37.0 Å². The van der Waals surface area contributed by atoms with Crippen molar-refractivity contribution in [1.29, 1.82) is 0 Å². The van der Waals surface area contributed by atoms with Crippen LogP contribution in [0.15, 0.2) is 54.6 Å². The van der Waals surface area contributed by atoms with Crippen LogP contribution in [0.5, 0.6) is 5.88 Å². The lowest BCUT2D eigenvalue weighted by Gasteiger charge is -2.32. The Morgan fingerprint density at radius 2 is 1.76 bits per heavy atom. The predicted molar refractivity (Wildman–Crippen MR) is 163 cm³/mol. The third-order valence-corrected chi connectivity index (χ3v) is 8.74. The Kier molecular flexibility index (Phi) is 9.10. The molecule has 2 aromatic carbocycles. The van der Waals surface area contributed by atoms with Crippen LogP contribution in [0, 0.1) is 0 Å². The molecule has 0 saturated carbocycles. The van der Waals surface area contributed by atoms with Crippen molar-refractivity contribution in [2.45, 2.75) is 64.1 Å². The molecule has 2 aliphatic rings. The molecule has 2 fully saturated rings. The summed E-state index contributed by atoms with van der Waals surface area (Å²) in [5.74, 6) is 0.506. The number of methoxy groups -OCH3 is 1. The van der Waals surface area contributed by atoms with Crippen LogP contribution in [0.2, 0.25) is 0 Å². The number of benzene rings is 2. The van der Waals surface area contributed by atoms with E-state index < -0.39 is 23.5 Å². The number of fused-ring (bicyclic) bond motifs is 1. The molecule has 4 aromatic rings. The average Bonchev–Trinajstić information content (AvgIpc) is 3.36. The summed E-state index contributed by atoms with van der Waals surface area (Å²) in [6.07, 6.45) is -1.83. The van der Waals surface area contributed by atoms with Gasteiger partial charge in [0.2, 0.25) is 5.88 Å². The molecule has 1 atom stereocenters.